The van der Waals surface area contributed by atoms with Gasteiger partial charge in [-0.15, -0.1) is 0 Å². The van der Waals surface area contributed by atoms with Gasteiger partial charge in [0, 0.05) is 0 Å². The average molecular weight is 105 g/mol. The Morgan fingerprint density at radius 1 is 1.38 bits per heavy atom. The van der Waals surface area contributed by atoms with Gasteiger partial charge in [0.25, 0.3) is 0 Å². The van der Waals surface area contributed by atoms with Gasteiger partial charge in [-0.2, -0.15) is 23.3 Å². The Kier molecular flexibility index (Phi) is 0.750. The van der Waals surface area contributed by atoms with Crippen molar-refractivity contribution in [3.63, 3.8) is 0 Å². The topological polar surface area (TPSA) is 0 Å². The highest BCUT2D eigenvalue weighted by Gasteiger charge is 1.99. The summed E-state index contributed by atoms with van der Waals surface area (Å²) in [5.74, 6) is 0. The van der Waals surface area contributed by atoms with E-state index in [4.69, 9.17) is 0 Å². The molecule has 1 aliphatic rings. The number of hydrogen-bond acceptors (Lipinski definition) is 0. The number of hydrogen-bond donors (Lipinski definition) is 0. The Morgan fingerprint density at radius 2 is 2.38 bits per heavy atom. The smallest absolute Gasteiger partial charge is 0.0519 e. The van der Waals surface area contributed by atoms with Crippen LogP contribution in [0.1, 0.15) is 17.5 Å². The first kappa shape index (κ1) is 4.25. The van der Waals surface area contributed by atoms with Crippen LogP contribution >= 0.6 is 0 Å². The molecule has 0 atom stereocenters. The summed E-state index contributed by atoms with van der Waals surface area (Å²) < 4.78 is 0. The Balaban J connectivity index is 2.54. The molecule has 1 aliphatic carbocycles. The summed E-state index contributed by atoms with van der Waals surface area (Å²) in [6.45, 7) is 0. The third-order valence-corrected chi connectivity index (χ3v) is 1.90. The van der Waals surface area contributed by atoms with Crippen molar-refractivity contribution in [1.29, 1.82) is 0 Å². The summed E-state index contributed by atoms with van der Waals surface area (Å²) >= 11 is 0. The van der Waals surface area contributed by atoms with E-state index < -0.39 is 0 Å². The van der Waals surface area contributed by atoms with Crippen molar-refractivity contribution >= 4 is 0 Å². The average Bonchev–Trinajstić information content (AvgIpc) is 2.15. The maximum Gasteiger partial charge on any atom is -0.0519 e. The quantitative estimate of drug-likeness (QED) is 0.442. The predicted molar refractivity (Wildman–Crippen MR) is 34.1 cm³/mol. The second-order valence-corrected chi connectivity index (χ2v) is 2.43. The highest BCUT2D eigenvalue weighted by atomic mass is 14.1. The monoisotopic (exact) mass is 105 g/mol. The highest BCUT2D eigenvalue weighted by molar-refractivity contribution is 5.32. The Labute approximate surface area is 49.5 Å². The second kappa shape index (κ2) is 1.41. The lowest BCUT2D eigenvalue weighted by Crippen LogP contribution is -1.66. The van der Waals surface area contributed by atoms with Gasteiger partial charge in [0.15, 0.2) is 0 Å². The minimum Gasteiger partial charge on any atom is -0.210 e. The van der Waals surface area contributed by atoms with Crippen molar-refractivity contribution in [1.82, 2.24) is 0 Å². The molecule has 0 radical (unpaired) electrons. The van der Waals surface area contributed by atoms with Gasteiger partial charge in [-0.1, -0.05) is 19.3 Å². The van der Waals surface area contributed by atoms with E-state index in [0.717, 1.165) is 0 Å². The molecule has 0 aliphatic heterocycles. The van der Waals surface area contributed by atoms with Gasteiger partial charge in [-0.3, -0.25) is 0 Å². The van der Waals surface area contributed by atoms with Crippen molar-refractivity contribution in [3.05, 3.63) is 29.3 Å². The van der Waals surface area contributed by atoms with Gasteiger partial charge in [-0.25, -0.2) is 6.07 Å². The standard InChI is InChI=1S/C8H9/c1-3-7-5-2-6-8(7)4-1/h1,3-4H,2,5-6H2/q-1. The van der Waals surface area contributed by atoms with Crippen molar-refractivity contribution in [2.45, 2.75) is 19.3 Å². The minimum atomic E-state index is 1.32. The number of fused-ring (bicyclic) bond motifs is 1. The molecule has 2 rings (SSSR count). The third kappa shape index (κ3) is 0.430. The van der Waals surface area contributed by atoms with Gasteiger partial charge in [0.1, 0.15) is 0 Å². The molecular weight excluding hydrogens is 96.1 g/mol. The molecule has 0 spiro atoms. The normalized spacial score (nSPS) is 16.5. The third-order valence-electron chi connectivity index (χ3n) is 1.90. The van der Waals surface area contributed by atoms with Crippen LogP contribution in [0.4, 0.5) is 0 Å². The van der Waals surface area contributed by atoms with Crippen molar-refractivity contribution in [2.24, 2.45) is 0 Å². The zero-order chi connectivity index (χ0) is 5.40. The molecule has 0 fully saturated rings. The summed E-state index contributed by atoms with van der Waals surface area (Å²) in [5.41, 5.74) is 3.18. The van der Waals surface area contributed by atoms with Crippen LogP contribution in [0.5, 0.6) is 0 Å². The largest absolute Gasteiger partial charge is 0.210 e. The molecular formula is C8H9-. The van der Waals surface area contributed by atoms with Gasteiger partial charge in [-0.05, 0) is 0 Å². The number of rotatable bonds is 0. The molecule has 8 heavy (non-hydrogen) atoms. The molecule has 0 bridgehead atoms. The van der Waals surface area contributed by atoms with Gasteiger partial charge < -0.3 is 0 Å². The maximum absolute atomic E-state index is 2.24. The predicted octanol–water partition coefficient (Wildman–Crippen LogP) is 1.89. The van der Waals surface area contributed by atoms with Crippen LogP contribution in [0.15, 0.2) is 18.2 Å². The van der Waals surface area contributed by atoms with E-state index in [2.05, 4.69) is 18.2 Å². The fourth-order valence-electron chi connectivity index (χ4n) is 1.45. The zero-order valence-corrected chi connectivity index (χ0v) is 4.85. The first-order valence-corrected chi connectivity index (χ1v) is 3.20. The Bertz CT molecular complexity index is 165. The molecule has 0 amide bonds. The summed E-state index contributed by atoms with van der Waals surface area (Å²) in [4.78, 5) is 0. The van der Waals surface area contributed by atoms with Crippen molar-refractivity contribution in [3.8, 4) is 0 Å². The van der Waals surface area contributed by atoms with Gasteiger partial charge in [0.2, 0.25) is 0 Å². The van der Waals surface area contributed by atoms with Crippen LogP contribution in [-0.4, -0.2) is 0 Å². The lowest BCUT2D eigenvalue weighted by atomic mass is 10.2. The first-order valence-electron chi connectivity index (χ1n) is 3.20. The van der Waals surface area contributed by atoms with Gasteiger partial charge >= 0.3 is 0 Å². The number of aryl methyl sites for hydroxylation is 2. The van der Waals surface area contributed by atoms with Crippen molar-refractivity contribution < 1.29 is 0 Å². The molecule has 42 valence electrons. The summed E-state index contributed by atoms with van der Waals surface area (Å²) in [6, 6.07) is 6.63. The molecule has 0 nitrogen and oxygen atoms in total. The molecule has 0 heterocycles. The molecule has 1 aromatic rings. The van der Waals surface area contributed by atoms with Crippen LogP contribution in [0.25, 0.3) is 0 Å². The Hall–Kier alpha value is -0.650. The van der Waals surface area contributed by atoms with Crippen LogP contribution in [0.2, 0.25) is 0 Å². The lowest BCUT2D eigenvalue weighted by molar-refractivity contribution is 0.909. The van der Waals surface area contributed by atoms with Crippen LogP contribution < -0.4 is 0 Å². The molecule has 0 saturated heterocycles. The van der Waals surface area contributed by atoms with Crippen LogP contribution in [-0.2, 0) is 12.8 Å². The lowest BCUT2D eigenvalue weighted by Gasteiger charge is -1.92. The van der Waals surface area contributed by atoms with Gasteiger partial charge in [0.05, 0.1) is 0 Å². The SMILES string of the molecule is c1cc2c([cH-]1)CCC2. The summed E-state index contributed by atoms with van der Waals surface area (Å²) in [6.07, 6.45) is 4.02. The van der Waals surface area contributed by atoms with E-state index in [1.807, 2.05) is 0 Å². The molecule has 0 saturated carbocycles. The first-order chi connectivity index (χ1) is 3.97. The highest BCUT2D eigenvalue weighted by Crippen LogP contribution is 2.21. The molecule has 0 aromatic heterocycles. The maximum atomic E-state index is 2.24. The van der Waals surface area contributed by atoms with E-state index in [-0.39, 0.29) is 0 Å². The minimum absolute atomic E-state index is 1.32. The zero-order valence-electron chi connectivity index (χ0n) is 4.85. The fraction of sp³-hybridized carbons (Fsp3) is 0.375. The summed E-state index contributed by atoms with van der Waals surface area (Å²) in [7, 11) is 0. The van der Waals surface area contributed by atoms with Crippen LogP contribution in [0, 0.1) is 0 Å². The van der Waals surface area contributed by atoms with E-state index in [1.165, 1.54) is 19.3 Å². The fourth-order valence-corrected chi connectivity index (χ4v) is 1.45. The molecule has 0 unspecified atom stereocenters. The Morgan fingerprint density at radius 3 is 3.25 bits per heavy atom. The van der Waals surface area contributed by atoms with E-state index >= 15 is 0 Å². The second-order valence-electron chi connectivity index (χ2n) is 2.43. The van der Waals surface area contributed by atoms with Crippen molar-refractivity contribution in [2.75, 3.05) is 0 Å². The van der Waals surface area contributed by atoms with E-state index in [0.29, 0.717) is 0 Å². The molecule has 1 aromatic carbocycles. The van der Waals surface area contributed by atoms with Crippen LogP contribution in [0.3, 0.4) is 0 Å². The molecule has 0 heteroatoms. The van der Waals surface area contributed by atoms with E-state index in [1.54, 1.807) is 11.1 Å². The molecule has 0 N–H and O–H groups in total. The summed E-state index contributed by atoms with van der Waals surface area (Å²) in [5, 5.41) is 0. The van der Waals surface area contributed by atoms with E-state index in [9.17, 15) is 0 Å².